The van der Waals surface area contributed by atoms with E-state index in [1.165, 1.54) is 5.57 Å². The third-order valence-corrected chi connectivity index (χ3v) is 15.5. The van der Waals surface area contributed by atoms with Crippen molar-refractivity contribution < 1.29 is 39.7 Å². The topological polar surface area (TPSA) is 129 Å². The van der Waals surface area contributed by atoms with Gasteiger partial charge in [-0.25, -0.2) is 0 Å². The number of aliphatic hydroxyl groups is 5. The molecule has 0 bridgehead atoms. The molecule has 0 aromatic heterocycles. The molecule has 0 amide bonds. The summed E-state index contributed by atoms with van der Waals surface area (Å²) in [5.74, 6) is 0.738. The van der Waals surface area contributed by atoms with Crippen molar-refractivity contribution >= 4 is 0 Å². The summed E-state index contributed by atoms with van der Waals surface area (Å²) < 4.78 is 18.8. The molecule has 8 nitrogen and oxygen atoms in total. The highest BCUT2D eigenvalue weighted by Crippen LogP contribution is 2.76. The quantitative estimate of drug-likeness (QED) is 0.220. The number of ether oxygens (including phenoxy) is 3. The molecule has 0 spiro atoms. The first-order valence-electron chi connectivity index (χ1n) is 17.8. The number of hydrogen-bond donors (Lipinski definition) is 5. The van der Waals surface area contributed by atoms with Gasteiger partial charge in [0.2, 0.25) is 0 Å². The van der Waals surface area contributed by atoms with Crippen LogP contribution in [0.5, 0.6) is 0 Å². The number of allylic oxidation sites excluding steroid dienone is 1. The average Bonchev–Trinajstić information content (AvgIpc) is 3.00. The largest absolute Gasteiger partial charge is 0.396 e. The Labute approximate surface area is 270 Å². The lowest BCUT2D eigenvalue weighted by Gasteiger charge is -2.72. The first-order valence-corrected chi connectivity index (χ1v) is 17.8. The van der Waals surface area contributed by atoms with Crippen LogP contribution >= 0.6 is 0 Å². The number of rotatable bonds is 5. The Bertz CT molecular complexity index is 1160. The first kappa shape index (κ1) is 34.3. The molecule has 6 aliphatic rings. The maximum Gasteiger partial charge on any atom is 0.186 e. The van der Waals surface area contributed by atoms with Crippen LogP contribution < -0.4 is 0 Å². The zero-order valence-electron chi connectivity index (χ0n) is 29.1. The van der Waals surface area contributed by atoms with Gasteiger partial charge in [0, 0.05) is 30.5 Å². The normalized spacial score (nSPS) is 55.9. The summed E-state index contributed by atoms with van der Waals surface area (Å²) in [4.78, 5) is 0. The van der Waals surface area contributed by atoms with Gasteiger partial charge in [-0.2, -0.15) is 0 Å². The summed E-state index contributed by atoms with van der Waals surface area (Å²) in [5.41, 5.74) is 0.973. The van der Waals surface area contributed by atoms with Crippen molar-refractivity contribution in [2.45, 2.75) is 149 Å². The summed E-state index contributed by atoms with van der Waals surface area (Å²) in [7, 11) is 1.85. The number of methoxy groups -OCH3 is 1. The molecule has 1 aliphatic heterocycles. The fourth-order valence-electron chi connectivity index (χ4n) is 12.4. The van der Waals surface area contributed by atoms with E-state index in [1.54, 1.807) is 6.92 Å². The summed E-state index contributed by atoms with van der Waals surface area (Å²) in [6, 6.07) is 0. The van der Waals surface area contributed by atoms with Gasteiger partial charge in [0.05, 0.1) is 24.9 Å². The van der Waals surface area contributed by atoms with Crippen molar-refractivity contribution in [3.8, 4) is 0 Å². The predicted octanol–water partition coefficient (Wildman–Crippen LogP) is 4.59. The number of fused-ring (bicyclic) bond motifs is 7. The monoisotopic (exact) mass is 634 g/mol. The molecule has 8 heteroatoms. The number of aliphatic hydroxyl groups excluding tert-OH is 5. The minimum Gasteiger partial charge on any atom is -0.396 e. The molecule has 5 fully saturated rings. The van der Waals surface area contributed by atoms with Gasteiger partial charge in [0.1, 0.15) is 18.3 Å². The summed E-state index contributed by atoms with van der Waals surface area (Å²) in [6.07, 6.45) is 5.40. The lowest BCUT2D eigenvalue weighted by molar-refractivity contribution is -0.329. The van der Waals surface area contributed by atoms with Crippen LogP contribution in [0, 0.1) is 50.2 Å². The van der Waals surface area contributed by atoms with Crippen molar-refractivity contribution in [1.82, 2.24) is 0 Å². The second-order valence-electron chi connectivity index (χ2n) is 18.1. The van der Waals surface area contributed by atoms with Crippen LogP contribution in [0.3, 0.4) is 0 Å². The molecule has 1 saturated heterocycles. The van der Waals surface area contributed by atoms with Gasteiger partial charge in [0.15, 0.2) is 6.29 Å². The van der Waals surface area contributed by atoms with Gasteiger partial charge in [-0.1, -0.05) is 53.2 Å². The minimum absolute atomic E-state index is 0.00639. The van der Waals surface area contributed by atoms with Crippen LogP contribution in [-0.2, 0) is 14.2 Å². The van der Waals surface area contributed by atoms with Gasteiger partial charge in [0.25, 0.3) is 0 Å². The fourth-order valence-corrected chi connectivity index (χ4v) is 12.4. The molecule has 0 unspecified atom stereocenters. The summed E-state index contributed by atoms with van der Waals surface area (Å²) in [6.45, 7) is 16.2. The van der Waals surface area contributed by atoms with Crippen LogP contribution in [0.15, 0.2) is 11.6 Å². The van der Waals surface area contributed by atoms with Crippen molar-refractivity contribution in [2.75, 3.05) is 20.3 Å². The summed E-state index contributed by atoms with van der Waals surface area (Å²) in [5, 5.41) is 53.5. The third kappa shape index (κ3) is 4.74. The van der Waals surface area contributed by atoms with Gasteiger partial charge >= 0.3 is 0 Å². The molecule has 4 saturated carbocycles. The second-order valence-corrected chi connectivity index (χ2v) is 18.1. The first-order chi connectivity index (χ1) is 21.0. The van der Waals surface area contributed by atoms with Crippen LogP contribution in [-0.4, -0.2) is 88.8 Å². The predicted molar refractivity (Wildman–Crippen MR) is 171 cm³/mol. The van der Waals surface area contributed by atoms with Gasteiger partial charge in [-0.05, 0) is 98.2 Å². The minimum atomic E-state index is -1.37. The second kappa shape index (κ2) is 11.2. The molecule has 0 radical (unpaired) electrons. The Morgan fingerprint density at radius 3 is 2.18 bits per heavy atom. The molecule has 15 atom stereocenters. The van der Waals surface area contributed by atoms with E-state index in [0.29, 0.717) is 12.3 Å². The lowest BCUT2D eigenvalue weighted by Crippen LogP contribution is -2.69. The van der Waals surface area contributed by atoms with Crippen molar-refractivity contribution in [3.63, 3.8) is 0 Å². The fraction of sp³-hybridized carbons (Fsp3) is 0.946. The van der Waals surface area contributed by atoms with E-state index < -0.39 is 36.1 Å². The maximum absolute atomic E-state index is 11.1. The molecule has 5 aliphatic carbocycles. The van der Waals surface area contributed by atoms with E-state index in [-0.39, 0.29) is 64.3 Å². The standard InChI is InChI=1S/C37H62O8/c1-21-27(40)28(41)29(42)31(44-21)45-26-10-11-33(4)25(34(26,5)19-38)9-12-36(7)30(33)24(43-8)17-22-23-18-32(2,3)13-15-37(23,20-39)16-14-35(22,36)6/h17,21,23-31,38-42H,9-16,18-20H2,1-8H3/t21-,23-,24+,25+,26-,27+,28+,29-,30+,31-,33-,34-,35+,36+,37+/m0/s1. The van der Waals surface area contributed by atoms with Crippen LogP contribution in [0.25, 0.3) is 0 Å². The summed E-state index contributed by atoms with van der Waals surface area (Å²) >= 11 is 0. The highest BCUT2D eigenvalue weighted by molar-refractivity contribution is 5.36. The lowest BCUT2D eigenvalue weighted by atomic mass is 9.33. The molecule has 1 heterocycles. The maximum atomic E-state index is 11.1. The Morgan fingerprint density at radius 1 is 0.844 bits per heavy atom. The highest BCUT2D eigenvalue weighted by Gasteiger charge is 2.71. The van der Waals surface area contributed by atoms with Gasteiger partial charge in [-0.3, -0.25) is 0 Å². The molecular formula is C37H62O8. The zero-order valence-corrected chi connectivity index (χ0v) is 29.1. The molecule has 0 aromatic carbocycles. The van der Waals surface area contributed by atoms with E-state index in [1.807, 2.05) is 7.11 Å². The molecule has 6 rings (SSSR count). The molecule has 258 valence electrons. The van der Waals surface area contributed by atoms with Crippen molar-refractivity contribution in [1.29, 1.82) is 0 Å². The van der Waals surface area contributed by atoms with E-state index in [9.17, 15) is 25.5 Å². The molecule has 0 aromatic rings. The SMILES string of the molecule is CO[C@@H]1C=C2[C@@H]3CC(C)(C)CC[C@]3(CO)CC[C@@]2(C)[C@]2(C)CC[C@H]3[C@](C)(CO)[C@@H](O[C@@H]4O[C@@H](C)[C@@H](O)[C@@H](O)[C@@H]4O)CC[C@]3(C)[C@@H]12. The van der Waals surface area contributed by atoms with E-state index in [0.717, 1.165) is 51.4 Å². The highest BCUT2D eigenvalue weighted by atomic mass is 16.7. The van der Waals surface area contributed by atoms with Crippen molar-refractivity contribution in [3.05, 3.63) is 11.6 Å². The third-order valence-electron chi connectivity index (χ3n) is 15.5. The Hall–Kier alpha value is -0.580. The zero-order chi connectivity index (χ0) is 33.0. The van der Waals surface area contributed by atoms with Crippen LogP contribution in [0.2, 0.25) is 0 Å². The Morgan fingerprint density at radius 2 is 1.53 bits per heavy atom. The number of hydrogen-bond acceptors (Lipinski definition) is 8. The smallest absolute Gasteiger partial charge is 0.186 e. The van der Waals surface area contributed by atoms with E-state index in [2.05, 4.69) is 47.6 Å². The van der Waals surface area contributed by atoms with E-state index >= 15 is 0 Å². The molecule has 5 N–H and O–H groups in total. The van der Waals surface area contributed by atoms with E-state index in [4.69, 9.17) is 14.2 Å². The van der Waals surface area contributed by atoms with Gasteiger partial charge < -0.3 is 39.7 Å². The average molecular weight is 635 g/mol. The van der Waals surface area contributed by atoms with Crippen molar-refractivity contribution in [2.24, 2.45) is 50.2 Å². The Kier molecular flexibility index (Phi) is 8.56. The van der Waals surface area contributed by atoms with Crippen LogP contribution in [0.1, 0.15) is 106 Å². The van der Waals surface area contributed by atoms with Gasteiger partial charge in [-0.15, -0.1) is 0 Å². The van der Waals surface area contributed by atoms with Crippen LogP contribution in [0.4, 0.5) is 0 Å². The molecular weight excluding hydrogens is 572 g/mol. The molecule has 45 heavy (non-hydrogen) atoms. The Balaban J connectivity index is 1.36.